The third-order valence-electron chi connectivity index (χ3n) is 3.79. The van der Waals surface area contributed by atoms with Gasteiger partial charge in [0.15, 0.2) is 0 Å². The Morgan fingerprint density at radius 1 is 1.45 bits per heavy atom. The Morgan fingerprint density at radius 3 is 2.95 bits per heavy atom. The Morgan fingerprint density at radius 2 is 2.27 bits per heavy atom. The summed E-state index contributed by atoms with van der Waals surface area (Å²) in [7, 11) is 3.43. The fraction of sp³-hybridized carbons (Fsp3) is 0.429. The maximum atomic E-state index is 12.6. The number of imidazole rings is 1. The lowest BCUT2D eigenvalue weighted by atomic mass is 10.1. The van der Waals surface area contributed by atoms with Gasteiger partial charge in [-0.3, -0.25) is 14.3 Å². The number of amides is 2. The van der Waals surface area contributed by atoms with Crippen LogP contribution in [0.25, 0.3) is 0 Å². The van der Waals surface area contributed by atoms with E-state index in [-0.39, 0.29) is 24.3 Å². The minimum atomic E-state index is -0.161. The number of aryl methyl sites for hydroxylation is 1. The molecular formula is C14H18N6O2. The molecule has 8 heteroatoms. The van der Waals surface area contributed by atoms with Gasteiger partial charge in [-0.15, -0.1) is 0 Å². The van der Waals surface area contributed by atoms with Crippen molar-refractivity contribution in [3.05, 3.63) is 36.2 Å². The third kappa shape index (κ3) is 2.59. The van der Waals surface area contributed by atoms with Crippen LogP contribution in [0.3, 0.4) is 0 Å². The number of carbonyl (C=O) groups excluding carboxylic acids is 2. The minimum Gasteiger partial charge on any atom is -0.359 e. The Hall–Kier alpha value is -2.64. The van der Waals surface area contributed by atoms with Crippen molar-refractivity contribution >= 4 is 11.8 Å². The van der Waals surface area contributed by atoms with Crippen molar-refractivity contribution in [3.8, 4) is 0 Å². The van der Waals surface area contributed by atoms with Gasteiger partial charge in [-0.1, -0.05) is 0 Å². The first-order chi connectivity index (χ1) is 10.6. The molecule has 22 heavy (non-hydrogen) atoms. The van der Waals surface area contributed by atoms with Crippen molar-refractivity contribution in [3.63, 3.8) is 0 Å². The maximum absolute atomic E-state index is 12.6. The average Bonchev–Trinajstić information content (AvgIpc) is 3.14. The molecule has 1 N–H and O–H groups in total. The molecular weight excluding hydrogens is 284 g/mol. The van der Waals surface area contributed by atoms with E-state index < -0.39 is 0 Å². The lowest BCUT2D eigenvalue weighted by Gasteiger charge is -2.33. The number of nitrogens with one attached hydrogen (secondary N) is 1. The molecule has 0 saturated carbocycles. The van der Waals surface area contributed by atoms with Crippen molar-refractivity contribution < 1.29 is 9.59 Å². The molecule has 1 atom stereocenters. The van der Waals surface area contributed by atoms with Gasteiger partial charge in [-0.05, 0) is 6.07 Å². The maximum Gasteiger partial charge on any atom is 0.274 e. The van der Waals surface area contributed by atoms with Gasteiger partial charge in [0.1, 0.15) is 5.69 Å². The lowest BCUT2D eigenvalue weighted by molar-refractivity contribution is -0.121. The predicted molar refractivity (Wildman–Crippen MR) is 77.9 cm³/mol. The summed E-state index contributed by atoms with van der Waals surface area (Å²) in [6, 6.07) is 1.71. The highest BCUT2D eigenvalue weighted by Crippen LogP contribution is 2.24. The molecule has 3 heterocycles. The number of nitrogens with zero attached hydrogens (tertiary/aromatic N) is 5. The molecule has 0 saturated heterocycles. The lowest BCUT2D eigenvalue weighted by Crippen LogP contribution is -2.42. The molecule has 116 valence electrons. The van der Waals surface area contributed by atoms with E-state index in [0.717, 1.165) is 5.69 Å². The van der Waals surface area contributed by atoms with Crippen LogP contribution in [0.1, 0.15) is 28.6 Å². The van der Waals surface area contributed by atoms with Crippen LogP contribution < -0.4 is 5.32 Å². The largest absolute Gasteiger partial charge is 0.359 e. The number of carbonyl (C=O) groups is 2. The Bertz CT molecular complexity index is 704. The zero-order valence-electron chi connectivity index (χ0n) is 12.6. The van der Waals surface area contributed by atoms with E-state index in [2.05, 4.69) is 15.4 Å². The quantitative estimate of drug-likeness (QED) is 0.861. The van der Waals surface area contributed by atoms with Crippen molar-refractivity contribution in [1.82, 2.24) is 29.5 Å². The number of aromatic nitrogens is 4. The normalized spacial score (nSPS) is 17.2. The Balaban J connectivity index is 1.83. The van der Waals surface area contributed by atoms with Crippen molar-refractivity contribution in [2.24, 2.45) is 7.05 Å². The highest BCUT2D eigenvalue weighted by Gasteiger charge is 2.30. The second-order valence-corrected chi connectivity index (χ2v) is 5.41. The van der Waals surface area contributed by atoms with Gasteiger partial charge in [0.25, 0.3) is 5.91 Å². The van der Waals surface area contributed by atoms with Gasteiger partial charge in [0.05, 0.1) is 31.0 Å². The number of rotatable bonds is 3. The molecule has 1 aliphatic rings. The van der Waals surface area contributed by atoms with Crippen molar-refractivity contribution in [2.45, 2.75) is 19.0 Å². The molecule has 2 amide bonds. The highest BCUT2D eigenvalue weighted by molar-refractivity contribution is 5.92. The topological polar surface area (TPSA) is 85.1 Å². The highest BCUT2D eigenvalue weighted by atomic mass is 16.2. The van der Waals surface area contributed by atoms with Crippen molar-refractivity contribution in [2.75, 3.05) is 13.6 Å². The van der Waals surface area contributed by atoms with Crippen molar-refractivity contribution in [1.29, 1.82) is 0 Å². The summed E-state index contributed by atoms with van der Waals surface area (Å²) >= 11 is 0. The second-order valence-electron chi connectivity index (χ2n) is 5.41. The zero-order chi connectivity index (χ0) is 15.7. The van der Waals surface area contributed by atoms with Gasteiger partial charge in [0.2, 0.25) is 5.91 Å². The van der Waals surface area contributed by atoms with Gasteiger partial charge in [0, 0.05) is 33.0 Å². The summed E-state index contributed by atoms with van der Waals surface area (Å²) in [6.07, 6.45) is 5.28. The van der Waals surface area contributed by atoms with E-state index in [1.165, 1.54) is 0 Å². The van der Waals surface area contributed by atoms with Crippen LogP contribution in [0.5, 0.6) is 0 Å². The summed E-state index contributed by atoms with van der Waals surface area (Å²) in [6.45, 7) is 0.914. The minimum absolute atomic E-state index is 0.0708. The van der Waals surface area contributed by atoms with Crippen LogP contribution in [0.4, 0.5) is 0 Å². The van der Waals surface area contributed by atoms with Crippen LogP contribution in [-0.2, 0) is 18.4 Å². The molecule has 8 nitrogen and oxygen atoms in total. The van der Waals surface area contributed by atoms with Crippen LogP contribution in [-0.4, -0.2) is 49.6 Å². The van der Waals surface area contributed by atoms with Gasteiger partial charge < -0.3 is 14.8 Å². The summed E-state index contributed by atoms with van der Waals surface area (Å²) < 4.78 is 3.57. The third-order valence-corrected chi connectivity index (χ3v) is 3.79. The average molecular weight is 302 g/mol. The Kier molecular flexibility index (Phi) is 3.66. The zero-order valence-corrected chi connectivity index (χ0v) is 12.6. The van der Waals surface area contributed by atoms with E-state index in [1.807, 2.05) is 17.8 Å². The van der Waals surface area contributed by atoms with E-state index >= 15 is 0 Å². The van der Waals surface area contributed by atoms with Gasteiger partial charge in [-0.25, -0.2) is 4.98 Å². The van der Waals surface area contributed by atoms with Crippen LogP contribution in [0.15, 0.2) is 24.8 Å². The molecule has 0 bridgehead atoms. The first-order valence-corrected chi connectivity index (χ1v) is 7.08. The smallest absolute Gasteiger partial charge is 0.274 e. The van der Waals surface area contributed by atoms with E-state index in [1.54, 1.807) is 35.2 Å². The summed E-state index contributed by atoms with van der Waals surface area (Å²) in [5, 5.41) is 6.89. The van der Waals surface area contributed by atoms with Gasteiger partial charge >= 0.3 is 0 Å². The molecule has 0 spiro atoms. The molecule has 2 aromatic rings. The fourth-order valence-electron chi connectivity index (χ4n) is 2.69. The van der Waals surface area contributed by atoms with Crippen LogP contribution in [0.2, 0.25) is 0 Å². The molecule has 0 unspecified atom stereocenters. The van der Waals surface area contributed by atoms with Crippen LogP contribution >= 0.6 is 0 Å². The first-order valence-electron chi connectivity index (χ1n) is 7.08. The molecule has 0 aromatic carbocycles. The molecule has 0 aliphatic carbocycles. The molecule has 0 fully saturated rings. The van der Waals surface area contributed by atoms with Crippen LogP contribution in [0, 0.1) is 0 Å². The van der Waals surface area contributed by atoms with E-state index in [4.69, 9.17) is 0 Å². The molecule has 0 radical (unpaired) electrons. The van der Waals surface area contributed by atoms with E-state index in [9.17, 15) is 9.59 Å². The van der Waals surface area contributed by atoms with E-state index in [0.29, 0.717) is 18.8 Å². The Labute approximate surface area is 127 Å². The first kappa shape index (κ1) is 14.3. The second kappa shape index (κ2) is 5.63. The van der Waals surface area contributed by atoms with Gasteiger partial charge in [-0.2, -0.15) is 5.10 Å². The SMILES string of the molecule is CNC(=O)C[C@H]1CN(C(=O)c2cn(C)cn2)Cc2ccnn21. The predicted octanol–water partition coefficient (Wildman–Crippen LogP) is -0.0502. The number of hydrogen-bond donors (Lipinski definition) is 1. The monoisotopic (exact) mass is 302 g/mol. The number of fused-ring (bicyclic) bond motifs is 1. The fourth-order valence-corrected chi connectivity index (χ4v) is 2.69. The summed E-state index contributed by atoms with van der Waals surface area (Å²) in [4.78, 5) is 30.1. The standard InChI is InChI=1S/C14H18N6O2/c1-15-13(21)5-11-7-19(6-10-3-4-17-20(10)11)14(22)12-8-18(2)9-16-12/h3-4,8-9,11H,5-7H2,1-2H3,(H,15,21)/t11-/m0/s1. The molecule has 3 rings (SSSR count). The number of hydrogen-bond acceptors (Lipinski definition) is 4. The summed E-state index contributed by atoms with van der Waals surface area (Å²) in [5.74, 6) is -0.200. The molecule has 2 aromatic heterocycles. The summed E-state index contributed by atoms with van der Waals surface area (Å²) in [5.41, 5.74) is 1.33. The molecule has 1 aliphatic heterocycles.